The molecule has 1 aliphatic rings. The van der Waals surface area contributed by atoms with Crippen LogP contribution in [0, 0.1) is 5.92 Å². The van der Waals surface area contributed by atoms with Crippen molar-refractivity contribution in [2.24, 2.45) is 5.92 Å². The highest BCUT2D eigenvalue weighted by molar-refractivity contribution is 5.82. The Balaban J connectivity index is 2.36. The van der Waals surface area contributed by atoms with Crippen LogP contribution in [0.4, 0.5) is 4.79 Å². The lowest BCUT2D eigenvalue weighted by Gasteiger charge is -2.23. The zero-order valence-electron chi connectivity index (χ0n) is 12.7. The molecular weight excluding hydrogens is 258 g/mol. The molecule has 2 amide bonds. The van der Waals surface area contributed by atoms with Crippen LogP contribution in [-0.4, -0.2) is 53.7 Å². The summed E-state index contributed by atoms with van der Waals surface area (Å²) in [5.74, 6) is -0.758. The van der Waals surface area contributed by atoms with Crippen molar-refractivity contribution in [2.45, 2.75) is 52.1 Å². The number of likely N-dealkylation sites (N-methyl/N-ethyl adjacent to an activating group) is 1. The molecule has 0 aromatic heterocycles. The SMILES string of the molecule is CCN1CCCC1CNC(=O)N[C@@H](CC(C)C)C(=O)O. The number of carbonyl (C=O) groups excluding carboxylic acids is 1. The molecule has 0 radical (unpaired) electrons. The summed E-state index contributed by atoms with van der Waals surface area (Å²) >= 11 is 0. The lowest BCUT2D eigenvalue weighted by Crippen LogP contribution is -2.49. The van der Waals surface area contributed by atoms with E-state index in [0.29, 0.717) is 19.0 Å². The quantitative estimate of drug-likeness (QED) is 0.658. The number of rotatable bonds is 7. The van der Waals surface area contributed by atoms with E-state index in [1.807, 2.05) is 13.8 Å². The van der Waals surface area contributed by atoms with Crippen molar-refractivity contribution in [3.63, 3.8) is 0 Å². The minimum Gasteiger partial charge on any atom is -0.480 e. The summed E-state index contributed by atoms with van der Waals surface area (Å²) in [7, 11) is 0. The average Bonchev–Trinajstić information content (AvgIpc) is 2.82. The van der Waals surface area contributed by atoms with Crippen molar-refractivity contribution >= 4 is 12.0 Å². The van der Waals surface area contributed by atoms with Crippen molar-refractivity contribution < 1.29 is 14.7 Å². The largest absolute Gasteiger partial charge is 0.480 e. The van der Waals surface area contributed by atoms with Gasteiger partial charge < -0.3 is 15.7 Å². The molecule has 20 heavy (non-hydrogen) atoms. The van der Waals surface area contributed by atoms with Gasteiger partial charge in [0.1, 0.15) is 6.04 Å². The topological polar surface area (TPSA) is 81.7 Å². The van der Waals surface area contributed by atoms with Gasteiger partial charge in [-0.1, -0.05) is 20.8 Å². The normalized spacial score (nSPS) is 20.9. The second-order valence-electron chi connectivity index (χ2n) is 5.80. The molecule has 1 rings (SSSR count). The molecule has 0 aliphatic carbocycles. The van der Waals surface area contributed by atoms with Crippen LogP contribution in [0.5, 0.6) is 0 Å². The van der Waals surface area contributed by atoms with Crippen LogP contribution < -0.4 is 10.6 Å². The van der Waals surface area contributed by atoms with E-state index in [2.05, 4.69) is 22.5 Å². The molecule has 1 heterocycles. The van der Waals surface area contributed by atoms with Crippen LogP contribution in [0.25, 0.3) is 0 Å². The van der Waals surface area contributed by atoms with E-state index in [1.165, 1.54) is 0 Å². The predicted octanol–water partition coefficient (Wildman–Crippen LogP) is 1.27. The van der Waals surface area contributed by atoms with Gasteiger partial charge in [-0.3, -0.25) is 4.90 Å². The summed E-state index contributed by atoms with van der Waals surface area (Å²) in [6, 6.07) is -0.832. The van der Waals surface area contributed by atoms with Crippen LogP contribution in [0.2, 0.25) is 0 Å². The molecule has 0 bridgehead atoms. The molecule has 116 valence electrons. The maximum atomic E-state index is 11.8. The number of likely N-dealkylation sites (tertiary alicyclic amines) is 1. The van der Waals surface area contributed by atoms with Crippen molar-refractivity contribution in [3.8, 4) is 0 Å². The van der Waals surface area contributed by atoms with Crippen LogP contribution in [-0.2, 0) is 4.79 Å². The molecule has 1 saturated heterocycles. The first-order valence-electron chi connectivity index (χ1n) is 7.45. The molecule has 6 nitrogen and oxygen atoms in total. The Hall–Kier alpha value is -1.30. The zero-order valence-corrected chi connectivity index (χ0v) is 12.7. The van der Waals surface area contributed by atoms with Crippen molar-refractivity contribution in [1.82, 2.24) is 15.5 Å². The van der Waals surface area contributed by atoms with Crippen LogP contribution >= 0.6 is 0 Å². The number of carboxylic acids is 1. The van der Waals surface area contributed by atoms with Gasteiger partial charge in [0.15, 0.2) is 0 Å². The van der Waals surface area contributed by atoms with E-state index in [1.54, 1.807) is 0 Å². The number of nitrogens with zero attached hydrogens (tertiary/aromatic N) is 1. The minimum absolute atomic E-state index is 0.224. The monoisotopic (exact) mass is 285 g/mol. The summed E-state index contributed by atoms with van der Waals surface area (Å²) in [4.78, 5) is 25.2. The van der Waals surface area contributed by atoms with Gasteiger partial charge in [-0.15, -0.1) is 0 Å². The summed E-state index contributed by atoms with van der Waals surface area (Å²) in [6.07, 6.45) is 2.68. The van der Waals surface area contributed by atoms with E-state index in [-0.39, 0.29) is 11.9 Å². The maximum Gasteiger partial charge on any atom is 0.326 e. The third-order valence-electron chi connectivity index (χ3n) is 3.71. The summed E-state index contributed by atoms with van der Waals surface area (Å²) in [6.45, 7) is 8.63. The summed E-state index contributed by atoms with van der Waals surface area (Å²) in [5, 5.41) is 14.4. The number of urea groups is 1. The van der Waals surface area contributed by atoms with Gasteiger partial charge in [0, 0.05) is 12.6 Å². The number of hydrogen-bond acceptors (Lipinski definition) is 3. The smallest absolute Gasteiger partial charge is 0.326 e. The maximum absolute atomic E-state index is 11.8. The fourth-order valence-corrected chi connectivity index (χ4v) is 2.66. The standard InChI is InChI=1S/C14H27N3O3/c1-4-17-7-5-6-11(17)9-15-14(20)16-12(13(18)19)8-10(2)3/h10-12H,4-9H2,1-3H3,(H,18,19)(H2,15,16,20)/t11?,12-/m0/s1. The molecule has 1 aliphatic heterocycles. The molecule has 0 aromatic carbocycles. The Morgan fingerprint density at radius 2 is 2.10 bits per heavy atom. The first kappa shape index (κ1) is 16.8. The zero-order chi connectivity index (χ0) is 15.1. The van der Waals surface area contributed by atoms with Gasteiger partial charge in [0.2, 0.25) is 0 Å². The first-order valence-corrected chi connectivity index (χ1v) is 7.45. The highest BCUT2D eigenvalue weighted by atomic mass is 16.4. The van der Waals surface area contributed by atoms with Gasteiger partial charge in [-0.2, -0.15) is 0 Å². The number of amides is 2. The van der Waals surface area contributed by atoms with Gasteiger partial charge in [-0.05, 0) is 38.3 Å². The Bertz CT molecular complexity index is 334. The molecule has 6 heteroatoms. The van der Waals surface area contributed by atoms with Gasteiger partial charge >= 0.3 is 12.0 Å². The Kier molecular flexibility index (Phi) is 6.78. The number of nitrogens with one attached hydrogen (secondary N) is 2. The van der Waals surface area contributed by atoms with Crippen molar-refractivity contribution in [2.75, 3.05) is 19.6 Å². The average molecular weight is 285 g/mol. The third-order valence-corrected chi connectivity index (χ3v) is 3.71. The Labute approximate surface area is 120 Å². The van der Waals surface area contributed by atoms with E-state index in [9.17, 15) is 9.59 Å². The molecule has 3 N–H and O–H groups in total. The Morgan fingerprint density at radius 3 is 2.65 bits per heavy atom. The van der Waals surface area contributed by atoms with Crippen LogP contribution in [0.3, 0.4) is 0 Å². The fourth-order valence-electron chi connectivity index (χ4n) is 2.66. The second kappa shape index (κ2) is 8.09. The number of hydrogen-bond donors (Lipinski definition) is 3. The van der Waals surface area contributed by atoms with E-state index < -0.39 is 12.0 Å². The summed E-state index contributed by atoms with van der Waals surface area (Å²) < 4.78 is 0. The number of carboxylic acid groups (broad SMARTS) is 1. The molecule has 0 aromatic rings. The fraction of sp³-hybridized carbons (Fsp3) is 0.857. The van der Waals surface area contributed by atoms with E-state index in [4.69, 9.17) is 5.11 Å². The molecule has 1 fully saturated rings. The first-order chi connectivity index (χ1) is 9.43. The highest BCUT2D eigenvalue weighted by Crippen LogP contribution is 2.15. The van der Waals surface area contributed by atoms with Gasteiger partial charge in [0.05, 0.1) is 0 Å². The van der Waals surface area contributed by atoms with Gasteiger partial charge in [-0.25, -0.2) is 9.59 Å². The number of carbonyl (C=O) groups is 2. The third kappa shape index (κ3) is 5.36. The predicted molar refractivity (Wildman–Crippen MR) is 77.7 cm³/mol. The lowest BCUT2D eigenvalue weighted by atomic mass is 10.0. The Morgan fingerprint density at radius 1 is 1.40 bits per heavy atom. The van der Waals surface area contributed by atoms with E-state index in [0.717, 1.165) is 25.9 Å². The van der Waals surface area contributed by atoms with Crippen molar-refractivity contribution in [3.05, 3.63) is 0 Å². The van der Waals surface area contributed by atoms with Crippen LogP contribution in [0.15, 0.2) is 0 Å². The number of aliphatic carboxylic acids is 1. The molecule has 2 atom stereocenters. The molecule has 0 saturated carbocycles. The lowest BCUT2D eigenvalue weighted by molar-refractivity contribution is -0.139. The van der Waals surface area contributed by atoms with Crippen molar-refractivity contribution in [1.29, 1.82) is 0 Å². The second-order valence-corrected chi connectivity index (χ2v) is 5.80. The van der Waals surface area contributed by atoms with E-state index >= 15 is 0 Å². The summed E-state index contributed by atoms with van der Waals surface area (Å²) in [5.41, 5.74) is 0. The molecule has 0 spiro atoms. The van der Waals surface area contributed by atoms with Crippen LogP contribution in [0.1, 0.15) is 40.0 Å². The highest BCUT2D eigenvalue weighted by Gasteiger charge is 2.25. The van der Waals surface area contributed by atoms with Gasteiger partial charge in [0.25, 0.3) is 0 Å². The molecule has 1 unspecified atom stereocenters. The minimum atomic E-state index is -0.982. The molecular formula is C14H27N3O3.